The highest BCUT2D eigenvalue weighted by molar-refractivity contribution is 14.0. The van der Waals surface area contributed by atoms with Gasteiger partial charge in [0.05, 0.1) is 6.54 Å². The number of hydrogen-bond donors (Lipinski definition) is 2. The van der Waals surface area contributed by atoms with Crippen LogP contribution < -0.4 is 10.6 Å². The van der Waals surface area contributed by atoms with Crippen molar-refractivity contribution < 1.29 is 4.79 Å². The molecule has 5 nitrogen and oxygen atoms in total. The van der Waals surface area contributed by atoms with Gasteiger partial charge in [-0.05, 0) is 29.9 Å². The average Bonchev–Trinajstić information content (AvgIpc) is 3.14. The number of amides is 1. The van der Waals surface area contributed by atoms with Crippen LogP contribution in [0.25, 0.3) is 0 Å². The number of hydrogen-bond acceptors (Lipinski definition) is 3. The lowest BCUT2D eigenvalue weighted by Gasteiger charge is -2.17. The summed E-state index contributed by atoms with van der Waals surface area (Å²) in [7, 11) is 3.48. The summed E-state index contributed by atoms with van der Waals surface area (Å²) >= 11 is 1.70. The van der Waals surface area contributed by atoms with E-state index < -0.39 is 0 Å². The Balaban J connectivity index is 0.00000364. The number of guanidine groups is 1. The Morgan fingerprint density at radius 1 is 1.19 bits per heavy atom. The number of likely N-dealkylation sites (N-methyl/N-ethyl adjacent to an activating group) is 1. The molecule has 0 bridgehead atoms. The molecule has 0 saturated carbocycles. The molecular weight excluding hydrogens is 471 g/mol. The van der Waals surface area contributed by atoms with Gasteiger partial charge in [-0.3, -0.25) is 4.79 Å². The molecule has 1 aromatic carbocycles. The van der Waals surface area contributed by atoms with E-state index in [9.17, 15) is 4.79 Å². The summed E-state index contributed by atoms with van der Waals surface area (Å²) in [4.78, 5) is 19.0. The minimum atomic E-state index is -0.0196. The minimum Gasteiger partial charge on any atom is -0.356 e. The number of benzene rings is 1. The topological polar surface area (TPSA) is 56.7 Å². The Kier molecular flexibility index (Phi) is 10.4. The predicted octanol–water partition coefficient (Wildman–Crippen LogP) is 3.60. The summed E-state index contributed by atoms with van der Waals surface area (Å²) in [5.41, 5.74) is 2.54. The molecule has 1 aromatic heterocycles. The lowest BCUT2D eigenvalue weighted by molar-refractivity contribution is -0.127. The molecular formula is C20H29IN4OS. The first-order valence-electron chi connectivity index (χ1n) is 8.77. The highest BCUT2D eigenvalue weighted by Crippen LogP contribution is 2.14. The second-order valence-electron chi connectivity index (χ2n) is 6.58. The van der Waals surface area contributed by atoms with Crippen molar-refractivity contribution in [2.75, 3.05) is 27.2 Å². The largest absolute Gasteiger partial charge is 0.356 e. The molecule has 1 unspecified atom stereocenters. The molecule has 148 valence electrons. The van der Waals surface area contributed by atoms with Crippen molar-refractivity contribution in [2.24, 2.45) is 4.99 Å². The summed E-state index contributed by atoms with van der Waals surface area (Å²) in [6.45, 7) is 5.84. The van der Waals surface area contributed by atoms with Crippen LogP contribution in [-0.2, 0) is 11.3 Å². The van der Waals surface area contributed by atoms with Crippen molar-refractivity contribution in [1.82, 2.24) is 15.5 Å². The number of aliphatic imine (C=N–C) groups is 1. The highest BCUT2D eigenvalue weighted by Gasteiger charge is 2.09. The van der Waals surface area contributed by atoms with Gasteiger partial charge >= 0.3 is 0 Å². The number of halogens is 1. The van der Waals surface area contributed by atoms with Crippen molar-refractivity contribution >= 4 is 47.2 Å². The van der Waals surface area contributed by atoms with Gasteiger partial charge in [0.2, 0.25) is 5.91 Å². The van der Waals surface area contributed by atoms with Crippen LogP contribution in [0.5, 0.6) is 0 Å². The van der Waals surface area contributed by atoms with Crippen LogP contribution in [0, 0.1) is 6.92 Å². The second-order valence-corrected chi connectivity index (χ2v) is 7.61. The molecule has 1 amide bonds. The molecule has 2 rings (SSSR count). The Bertz CT molecular complexity index is 714. The molecule has 0 spiro atoms. The zero-order valence-corrected chi connectivity index (χ0v) is 19.5. The zero-order chi connectivity index (χ0) is 18.9. The van der Waals surface area contributed by atoms with E-state index in [1.807, 2.05) is 6.07 Å². The van der Waals surface area contributed by atoms with Crippen LogP contribution in [-0.4, -0.2) is 44.0 Å². The van der Waals surface area contributed by atoms with Crippen molar-refractivity contribution in [3.8, 4) is 0 Å². The van der Waals surface area contributed by atoms with Gasteiger partial charge in [-0.2, -0.15) is 0 Å². The van der Waals surface area contributed by atoms with Crippen molar-refractivity contribution in [2.45, 2.75) is 26.3 Å². The first kappa shape index (κ1) is 23.4. The first-order valence-corrected chi connectivity index (χ1v) is 9.65. The van der Waals surface area contributed by atoms with E-state index in [1.54, 1.807) is 30.3 Å². The number of aryl methyl sites for hydroxylation is 1. The van der Waals surface area contributed by atoms with Crippen LogP contribution in [0.3, 0.4) is 0 Å². The molecule has 0 fully saturated rings. The third-order valence-electron chi connectivity index (χ3n) is 4.10. The quantitative estimate of drug-likeness (QED) is 0.347. The van der Waals surface area contributed by atoms with E-state index in [2.05, 4.69) is 65.2 Å². The standard InChI is InChI=1S/C20H28N4OS.HI/c1-15-7-9-17(10-8-15)16(2)12-21-20(23-14-19(25)24(3)4)22-13-18-6-5-11-26-18;/h5-11,16H,12-14H2,1-4H3,(H2,21,22,23);1H. The van der Waals surface area contributed by atoms with Crippen LogP contribution in [0.4, 0.5) is 0 Å². The van der Waals surface area contributed by atoms with Gasteiger partial charge in [0.25, 0.3) is 0 Å². The van der Waals surface area contributed by atoms with Crippen LogP contribution in [0.1, 0.15) is 28.8 Å². The van der Waals surface area contributed by atoms with E-state index >= 15 is 0 Å². The number of nitrogens with zero attached hydrogens (tertiary/aromatic N) is 2. The van der Waals surface area contributed by atoms with Crippen LogP contribution in [0.15, 0.2) is 46.8 Å². The average molecular weight is 500 g/mol. The Labute approximate surface area is 183 Å². The first-order chi connectivity index (χ1) is 12.5. The maximum Gasteiger partial charge on any atom is 0.243 e. The van der Waals surface area contributed by atoms with Crippen LogP contribution >= 0.6 is 35.3 Å². The van der Waals surface area contributed by atoms with Gasteiger partial charge in [0, 0.05) is 25.5 Å². The van der Waals surface area contributed by atoms with Gasteiger partial charge in [-0.1, -0.05) is 42.8 Å². The van der Waals surface area contributed by atoms with E-state index in [0.717, 1.165) is 6.54 Å². The maximum absolute atomic E-state index is 11.8. The number of thiophene rings is 1. The fourth-order valence-electron chi connectivity index (χ4n) is 2.31. The molecule has 0 aliphatic rings. The molecule has 0 saturated heterocycles. The smallest absolute Gasteiger partial charge is 0.243 e. The molecule has 0 radical (unpaired) electrons. The van der Waals surface area contributed by atoms with Gasteiger partial charge < -0.3 is 15.5 Å². The SMILES string of the molecule is Cc1ccc(C(C)CNC(=NCC(=O)N(C)C)NCc2cccs2)cc1.I. The highest BCUT2D eigenvalue weighted by atomic mass is 127. The summed E-state index contributed by atoms with van der Waals surface area (Å²) < 4.78 is 0. The molecule has 2 N–H and O–H groups in total. The minimum absolute atomic E-state index is 0. The third-order valence-corrected chi connectivity index (χ3v) is 4.98. The molecule has 1 heterocycles. The molecule has 2 aromatic rings. The second kappa shape index (κ2) is 12.0. The Hall–Kier alpha value is -1.61. The Morgan fingerprint density at radius 2 is 1.89 bits per heavy atom. The summed E-state index contributed by atoms with van der Waals surface area (Å²) in [5, 5.41) is 8.72. The molecule has 27 heavy (non-hydrogen) atoms. The van der Waals surface area contributed by atoms with E-state index in [4.69, 9.17) is 0 Å². The van der Waals surface area contributed by atoms with E-state index in [1.165, 1.54) is 16.0 Å². The zero-order valence-electron chi connectivity index (χ0n) is 16.4. The lowest BCUT2D eigenvalue weighted by Crippen LogP contribution is -2.39. The number of rotatable bonds is 7. The monoisotopic (exact) mass is 500 g/mol. The lowest BCUT2D eigenvalue weighted by atomic mass is 10.0. The number of nitrogens with one attached hydrogen (secondary N) is 2. The summed E-state index contributed by atoms with van der Waals surface area (Å²) in [5.74, 6) is 0.982. The van der Waals surface area contributed by atoms with Crippen molar-refractivity contribution in [3.63, 3.8) is 0 Å². The van der Waals surface area contributed by atoms with E-state index in [0.29, 0.717) is 18.4 Å². The number of carbonyl (C=O) groups is 1. The molecule has 0 aliphatic carbocycles. The predicted molar refractivity (Wildman–Crippen MR) is 125 cm³/mol. The van der Waals surface area contributed by atoms with E-state index in [-0.39, 0.29) is 36.4 Å². The van der Waals surface area contributed by atoms with Crippen molar-refractivity contribution in [3.05, 3.63) is 57.8 Å². The van der Waals surface area contributed by atoms with Gasteiger partial charge in [-0.25, -0.2) is 4.99 Å². The fraction of sp³-hybridized carbons (Fsp3) is 0.400. The molecule has 0 aliphatic heterocycles. The molecule has 7 heteroatoms. The summed E-state index contributed by atoms with van der Waals surface area (Å²) in [6, 6.07) is 12.7. The normalized spacial score (nSPS) is 12.1. The number of carbonyl (C=O) groups excluding carboxylic acids is 1. The maximum atomic E-state index is 11.8. The van der Waals surface area contributed by atoms with Crippen molar-refractivity contribution in [1.29, 1.82) is 0 Å². The fourth-order valence-corrected chi connectivity index (χ4v) is 2.95. The molecule has 1 atom stereocenters. The van der Waals surface area contributed by atoms with Gasteiger partial charge in [0.15, 0.2) is 5.96 Å². The van der Waals surface area contributed by atoms with Gasteiger partial charge in [-0.15, -0.1) is 35.3 Å². The van der Waals surface area contributed by atoms with Crippen LogP contribution in [0.2, 0.25) is 0 Å². The summed E-state index contributed by atoms with van der Waals surface area (Å²) in [6.07, 6.45) is 0. The third kappa shape index (κ3) is 8.30. The Morgan fingerprint density at radius 3 is 2.48 bits per heavy atom. The van der Waals surface area contributed by atoms with Gasteiger partial charge in [0.1, 0.15) is 6.54 Å².